The first-order valence-electron chi connectivity index (χ1n) is 6.23. The lowest BCUT2D eigenvalue weighted by Gasteiger charge is -2.12. The summed E-state index contributed by atoms with van der Waals surface area (Å²) in [5.74, 6) is 0.904. The fraction of sp³-hybridized carbons (Fsp3) is 0.250. The molecule has 0 atom stereocenters. The van der Waals surface area contributed by atoms with Gasteiger partial charge >= 0.3 is 0 Å². The average Bonchev–Trinajstić information content (AvgIpc) is 2.41. The maximum Gasteiger partial charge on any atom is 0.121 e. The Morgan fingerprint density at radius 3 is 2.58 bits per heavy atom. The van der Waals surface area contributed by atoms with E-state index in [0.717, 1.165) is 34.0 Å². The second-order valence-corrected chi connectivity index (χ2v) is 4.95. The van der Waals surface area contributed by atoms with E-state index in [4.69, 9.17) is 16.3 Å². The molecule has 0 aliphatic rings. The highest BCUT2D eigenvalue weighted by Crippen LogP contribution is 2.30. The van der Waals surface area contributed by atoms with Crippen molar-refractivity contribution in [1.82, 2.24) is 5.32 Å². The lowest BCUT2D eigenvalue weighted by molar-refractivity contribution is 0.412. The van der Waals surface area contributed by atoms with Gasteiger partial charge in [-0.1, -0.05) is 23.7 Å². The summed E-state index contributed by atoms with van der Waals surface area (Å²) in [5.41, 5.74) is 4.67. The topological polar surface area (TPSA) is 21.3 Å². The summed E-state index contributed by atoms with van der Waals surface area (Å²) in [6, 6.07) is 12.2. The Kier molecular flexibility index (Phi) is 4.46. The predicted octanol–water partition coefficient (Wildman–Crippen LogP) is 4.04. The van der Waals surface area contributed by atoms with Crippen molar-refractivity contribution in [3.05, 3.63) is 52.5 Å². The van der Waals surface area contributed by atoms with Crippen LogP contribution in [0.1, 0.15) is 11.1 Å². The molecule has 19 heavy (non-hydrogen) atoms. The number of benzene rings is 2. The van der Waals surface area contributed by atoms with Gasteiger partial charge in [-0.15, -0.1) is 0 Å². The summed E-state index contributed by atoms with van der Waals surface area (Å²) in [4.78, 5) is 0. The van der Waals surface area contributed by atoms with Gasteiger partial charge in [-0.25, -0.2) is 0 Å². The zero-order valence-corrected chi connectivity index (χ0v) is 12.2. The second kappa shape index (κ2) is 6.09. The van der Waals surface area contributed by atoms with Crippen molar-refractivity contribution in [2.75, 3.05) is 14.2 Å². The molecule has 0 radical (unpaired) electrons. The van der Waals surface area contributed by atoms with Crippen LogP contribution in [0.2, 0.25) is 5.02 Å². The summed E-state index contributed by atoms with van der Waals surface area (Å²) in [6.45, 7) is 2.86. The van der Waals surface area contributed by atoms with Crippen LogP contribution in [0.5, 0.6) is 5.75 Å². The Hall–Kier alpha value is -1.51. The van der Waals surface area contributed by atoms with Crippen molar-refractivity contribution in [2.24, 2.45) is 0 Å². The number of hydrogen-bond donors (Lipinski definition) is 1. The first kappa shape index (κ1) is 13.9. The van der Waals surface area contributed by atoms with Crippen LogP contribution >= 0.6 is 11.6 Å². The van der Waals surface area contributed by atoms with Crippen LogP contribution in [0.3, 0.4) is 0 Å². The van der Waals surface area contributed by atoms with Crippen molar-refractivity contribution < 1.29 is 4.74 Å². The summed E-state index contributed by atoms with van der Waals surface area (Å²) in [7, 11) is 3.63. The molecule has 0 aliphatic carbocycles. The largest absolute Gasteiger partial charge is 0.496 e. The average molecular weight is 276 g/mol. The third kappa shape index (κ3) is 3.09. The Bertz CT molecular complexity index is 581. The molecule has 0 fully saturated rings. The molecule has 2 rings (SSSR count). The Balaban J connectivity index is 2.51. The van der Waals surface area contributed by atoms with Crippen LogP contribution < -0.4 is 10.1 Å². The van der Waals surface area contributed by atoms with Gasteiger partial charge in [-0.2, -0.15) is 0 Å². The summed E-state index contributed by atoms with van der Waals surface area (Å²) in [5, 5.41) is 3.94. The SMILES string of the molecule is CNCc1ccc(Cl)cc1-c1ccc(OC)c(C)c1. The van der Waals surface area contributed by atoms with E-state index in [1.54, 1.807) is 7.11 Å². The van der Waals surface area contributed by atoms with Gasteiger partial charge in [0, 0.05) is 11.6 Å². The van der Waals surface area contributed by atoms with E-state index in [9.17, 15) is 0 Å². The van der Waals surface area contributed by atoms with Gasteiger partial charge in [0.15, 0.2) is 0 Å². The number of nitrogens with one attached hydrogen (secondary N) is 1. The highest BCUT2D eigenvalue weighted by atomic mass is 35.5. The van der Waals surface area contributed by atoms with Gasteiger partial charge in [0.25, 0.3) is 0 Å². The minimum absolute atomic E-state index is 0.753. The number of rotatable bonds is 4. The fourth-order valence-electron chi connectivity index (χ4n) is 2.21. The van der Waals surface area contributed by atoms with Crippen molar-refractivity contribution in [2.45, 2.75) is 13.5 Å². The molecule has 0 amide bonds. The molecule has 0 aliphatic heterocycles. The Morgan fingerprint density at radius 1 is 1.16 bits per heavy atom. The number of ether oxygens (including phenoxy) is 1. The first-order valence-corrected chi connectivity index (χ1v) is 6.61. The lowest BCUT2D eigenvalue weighted by atomic mass is 9.98. The van der Waals surface area contributed by atoms with Crippen LogP contribution in [0.4, 0.5) is 0 Å². The summed E-state index contributed by atoms with van der Waals surface area (Å²) < 4.78 is 5.30. The molecule has 0 spiro atoms. The van der Waals surface area contributed by atoms with E-state index in [-0.39, 0.29) is 0 Å². The number of aryl methyl sites for hydroxylation is 1. The van der Waals surface area contributed by atoms with E-state index in [2.05, 4.69) is 23.5 Å². The third-order valence-electron chi connectivity index (χ3n) is 3.14. The molecule has 2 aromatic rings. The van der Waals surface area contributed by atoms with E-state index < -0.39 is 0 Å². The van der Waals surface area contributed by atoms with Gasteiger partial charge in [-0.05, 0) is 60.5 Å². The van der Waals surface area contributed by atoms with E-state index in [0.29, 0.717) is 0 Å². The molecule has 0 bridgehead atoms. The standard InChI is InChI=1S/C16H18ClNO/c1-11-8-12(5-7-16(11)19-3)15-9-14(17)6-4-13(15)10-18-2/h4-9,18H,10H2,1-3H3. The molecule has 100 valence electrons. The molecular formula is C16H18ClNO. The number of hydrogen-bond acceptors (Lipinski definition) is 2. The Labute approximate surface area is 119 Å². The molecule has 0 unspecified atom stereocenters. The molecule has 0 aromatic heterocycles. The van der Waals surface area contributed by atoms with Crippen molar-refractivity contribution in [3.8, 4) is 16.9 Å². The normalized spacial score (nSPS) is 10.5. The lowest BCUT2D eigenvalue weighted by Crippen LogP contribution is -2.06. The van der Waals surface area contributed by atoms with Gasteiger partial charge in [0.2, 0.25) is 0 Å². The van der Waals surface area contributed by atoms with E-state index >= 15 is 0 Å². The van der Waals surface area contributed by atoms with Crippen LogP contribution in [-0.2, 0) is 6.54 Å². The first-order chi connectivity index (χ1) is 9.15. The zero-order chi connectivity index (χ0) is 13.8. The van der Waals surface area contributed by atoms with Gasteiger partial charge < -0.3 is 10.1 Å². The minimum atomic E-state index is 0.753. The zero-order valence-electron chi connectivity index (χ0n) is 11.5. The third-order valence-corrected chi connectivity index (χ3v) is 3.38. The minimum Gasteiger partial charge on any atom is -0.496 e. The maximum absolute atomic E-state index is 6.12. The van der Waals surface area contributed by atoms with Crippen molar-refractivity contribution in [1.29, 1.82) is 0 Å². The molecule has 0 heterocycles. The van der Waals surface area contributed by atoms with Crippen LogP contribution in [0.15, 0.2) is 36.4 Å². The molecular weight excluding hydrogens is 258 g/mol. The van der Waals surface area contributed by atoms with Crippen molar-refractivity contribution in [3.63, 3.8) is 0 Å². The Morgan fingerprint density at radius 2 is 1.95 bits per heavy atom. The second-order valence-electron chi connectivity index (χ2n) is 4.52. The van der Waals surface area contributed by atoms with Gasteiger partial charge in [0.1, 0.15) is 5.75 Å². The van der Waals surface area contributed by atoms with Crippen LogP contribution in [0, 0.1) is 6.92 Å². The smallest absolute Gasteiger partial charge is 0.121 e. The quantitative estimate of drug-likeness (QED) is 0.909. The number of methoxy groups -OCH3 is 1. The highest BCUT2D eigenvalue weighted by Gasteiger charge is 2.07. The monoisotopic (exact) mass is 275 g/mol. The molecule has 0 saturated heterocycles. The molecule has 1 N–H and O–H groups in total. The maximum atomic E-state index is 6.12. The van der Waals surface area contributed by atoms with Gasteiger partial charge in [-0.3, -0.25) is 0 Å². The highest BCUT2D eigenvalue weighted by molar-refractivity contribution is 6.30. The molecule has 2 nitrogen and oxygen atoms in total. The van der Waals surface area contributed by atoms with Gasteiger partial charge in [0.05, 0.1) is 7.11 Å². The molecule has 2 aromatic carbocycles. The van der Waals surface area contributed by atoms with Crippen LogP contribution in [-0.4, -0.2) is 14.2 Å². The number of halogens is 1. The fourth-order valence-corrected chi connectivity index (χ4v) is 2.38. The molecule has 3 heteroatoms. The van der Waals surface area contributed by atoms with Crippen molar-refractivity contribution >= 4 is 11.6 Å². The van der Waals surface area contributed by atoms with Crippen LogP contribution in [0.25, 0.3) is 11.1 Å². The summed E-state index contributed by atoms with van der Waals surface area (Å²) in [6.07, 6.45) is 0. The predicted molar refractivity (Wildman–Crippen MR) is 80.9 cm³/mol. The van der Waals surface area contributed by atoms with E-state index in [1.807, 2.05) is 32.2 Å². The van der Waals surface area contributed by atoms with E-state index in [1.165, 1.54) is 5.56 Å². The summed E-state index contributed by atoms with van der Waals surface area (Å²) >= 11 is 6.12. The molecule has 0 saturated carbocycles.